The third-order valence-corrected chi connectivity index (χ3v) is 7.04. The zero-order valence-corrected chi connectivity index (χ0v) is 17.5. The number of hydrogen-bond acceptors (Lipinski definition) is 5. The fourth-order valence-electron chi connectivity index (χ4n) is 2.92. The lowest BCUT2D eigenvalue weighted by molar-refractivity contribution is 0.0600. The van der Waals surface area contributed by atoms with Crippen LogP contribution in [0.25, 0.3) is 0 Å². The normalized spacial score (nSPS) is 14.6. The number of benzene rings is 2. The molecule has 3 rings (SSSR count). The van der Waals surface area contributed by atoms with Gasteiger partial charge in [-0.2, -0.15) is 4.31 Å². The maximum Gasteiger partial charge on any atom is 0.337 e. The van der Waals surface area contributed by atoms with E-state index in [1.165, 1.54) is 35.7 Å². The summed E-state index contributed by atoms with van der Waals surface area (Å²) >= 11 is 3.30. The SMILES string of the molecule is COC(=O)c1ccc(NC(=O)c2cc(S(=O)(=O)N3CCCC3)ccc2Br)cc1. The van der Waals surface area contributed by atoms with E-state index in [0.717, 1.165) is 12.8 Å². The summed E-state index contributed by atoms with van der Waals surface area (Å²) in [5, 5.41) is 2.70. The largest absolute Gasteiger partial charge is 0.465 e. The summed E-state index contributed by atoms with van der Waals surface area (Å²) in [5.41, 5.74) is 1.04. The minimum Gasteiger partial charge on any atom is -0.465 e. The van der Waals surface area contributed by atoms with Crippen LogP contribution in [-0.4, -0.2) is 44.8 Å². The zero-order valence-electron chi connectivity index (χ0n) is 15.1. The molecule has 28 heavy (non-hydrogen) atoms. The van der Waals surface area contributed by atoms with Crippen molar-refractivity contribution in [3.8, 4) is 0 Å². The molecule has 7 nitrogen and oxygen atoms in total. The van der Waals surface area contributed by atoms with Crippen molar-refractivity contribution in [1.82, 2.24) is 4.31 Å². The van der Waals surface area contributed by atoms with Crippen LogP contribution in [0.1, 0.15) is 33.6 Å². The molecule has 1 heterocycles. The number of carbonyl (C=O) groups excluding carboxylic acids is 2. The smallest absolute Gasteiger partial charge is 0.337 e. The Bertz CT molecular complexity index is 999. The van der Waals surface area contributed by atoms with Crippen molar-refractivity contribution in [2.45, 2.75) is 17.7 Å². The molecule has 1 amide bonds. The molecule has 0 aliphatic carbocycles. The number of hydrogen-bond donors (Lipinski definition) is 1. The maximum absolute atomic E-state index is 12.7. The third kappa shape index (κ3) is 4.26. The maximum atomic E-state index is 12.7. The van der Waals surface area contributed by atoms with Crippen molar-refractivity contribution in [3.05, 3.63) is 58.1 Å². The molecule has 0 saturated carbocycles. The molecule has 0 radical (unpaired) electrons. The summed E-state index contributed by atoms with van der Waals surface area (Å²) in [4.78, 5) is 24.2. The molecule has 148 valence electrons. The fourth-order valence-corrected chi connectivity index (χ4v) is 4.89. The molecule has 2 aromatic rings. The first-order valence-corrected chi connectivity index (χ1v) is 10.9. The van der Waals surface area contributed by atoms with Crippen molar-refractivity contribution in [1.29, 1.82) is 0 Å². The molecule has 0 atom stereocenters. The summed E-state index contributed by atoms with van der Waals surface area (Å²) in [6.07, 6.45) is 1.68. The molecule has 1 aliphatic rings. The van der Waals surface area contributed by atoms with Gasteiger partial charge in [-0.15, -0.1) is 0 Å². The van der Waals surface area contributed by atoms with E-state index < -0.39 is 21.9 Å². The molecule has 9 heteroatoms. The summed E-state index contributed by atoms with van der Waals surface area (Å²) in [5.74, 6) is -0.934. The zero-order chi connectivity index (χ0) is 20.3. The second kappa shape index (κ2) is 8.42. The van der Waals surface area contributed by atoms with Crippen molar-refractivity contribution >= 4 is 43.5 Å². The van der Waals surface area contributed by atoms with Gasteiger partial charge >= 0.3 is 5.97 Å². The molecule has 0 unspecified atom stereocenters. The number of amides is 1. The minimum atomic E-state index is -3.62. The van der Waals surface area contributed by atoms with Crippen LogP contribution in [-0.2, 0) is 14.8 Å². The Morgan fingerprint density at radius 3 is 2.32 bits per heavy atom. The van der Waals surface area contributed by atoms with E-state index >= 15 is 0 Å². The van der Waals surface area contributed by atoms with Crippen molar-refractivity contribution in [3.63, 3.8) is 0 Å². The Morgan fingerprint density at radius 1 is 1.07 bits per heavy atom. The number of esters is 1. The lowest BCUT2D eigenvalue weighted by Crippen LogP contribution is -2.28. The van der Waals surface area contributed by atoms with Gasteiger partial charge in [-0.05, 0) is 71.2 Å². The van der Waals surface area contributed by atoms with Crippen LogP contribution in [0.4, 0.5) is 5.69 Å². The number of nitrogens with one attached hydrogen (secondary N) is 1. The number of ether oxygens (including phenoxy) is 1. The first-order chi connectivity index (χ1) is 13.3. The van der Waals surface area contributed by atoms with Crippen LogP contribution in [0.15, 0.2) is 51.8 Å². The first-order valence-electron chi connectivity index (χ1n) is 8.62. The third-order valence-electron chi connectivity index (χ3n) is 4.45. The molecule has 1 saturated heterocycles. The van der Waals surface area contributed by atoms with Crippen LogP contribution < -0.4 is 5.32 Å². The van der Waals surface area contributed by atoms with Crippen LogP contribution >= 0.6 is 15.9 Å². The molecular formula is C19H19BrN2O5S. The van der Waals surface area contributed by atoms with Gasteiger partial charge in [-0.1, -0.05) is 0 Å². The topological polar surface area (TPSA) is 92.8 Å². The molecule has 0 bridgehead atoms. The number of anilines is 1. The highest BCUT2D eigenvalue weighted by Crippen LogP contribution is 2.26. The van der Waals surface area contributed by atoms with Crippen LogP contribution in [0.3, 0.4) is 0 Å². The predicted octanol–water partition coefficient (Wildman–Crippen LogP) is 3.27. The molecule has 1 fully saturated rings. The van der Waals surface area contributed by atoms with Gasteiger partial charge in [0.05, 0.1) is 23.1 Å². The van der Waals surface area contributed by atoms with Crippen molar-refractivity contribution < 1.29 is 22.7 Å². The van der Waals surface area contributed by atoms with E-state index in [1.807, 2.05) is 0 Å². The number of nitrogens with zero attached hydrogens (tertiary/aromatic N) is 1. The van der Waals surface area contributed by atoms with E-state index in [2.05, 4.69) is 26.0 Å². The van der Waals surface area contributed by atoms with E-state index in [-0.39, 0.29) is 10.5 Å². The van der Waals surface area contributed by atoms with Gasteiger partial charge < -0.3 is 10.1 Å². The molecule has 0 spiro atoms. The average Bonchev–Trinajstić information content (AvgIpc) is 3.24. The Hall–Kier alpha value is -2.23. The average molecular weight is 467 g/mol. The number of halogens is 1. The van der Waals surface area contributed by atoms with Gasteiger partial charge in [-0.3, -0.25) is 4.79 Å². The van der Waals surface area contributed by atoms with E-state index in [4.69, 9.17) is 0 Å². The second-order valence-electron chi connectivity index (χ2n) is 6.28. The van der Waals surface area contributed by atoms with Crippen molar-refractivity contribution in [2.24, 2.45) is 0 Å². The lowest BCUT2D eigenvalue weighted by atomic mass is 10.2. The van der Waals surface area contributed by atoms with Gasteiger partial charge in [0.25, 0.3) is 5.91 Å². The summed E-state index contributed by atoms with van der Waals surface area (Å²) in [6, 6.07) is 10.6. The number of sulfonamides is 1. The molecule has 0 aromatic heterocycles. The Morgan fingerprint density at radius 2 is 1.71 bits per heavy atom. The quantitative estimate of drug-likeness (QED) is 0.682. The van der Waals surface area contributed by atoms with E-state index in [0.29, 0.717) is 28.8 Å². The summed E-state index contributed by atoms with van der Waals surface area (Å²) < 4.78 is 32.0. The molecule has 2 aromatic carbocycles. The minimum absolute atomic E-state index is 0.0868. The van der Waals surface area contributed by atoms with Gasteiger partial charge in [0, 0.05) is 23.2 Å². The predicted molar refractivity (Wildman–Crippen MR) is 108 cm³/mol. The Balaban J connectivity index is 1.82. The van der Waals surface area contributed by atoms with Gasteiger partial charge in [0.1, 0.15) is 0 Å². The monoisotopic (exact) mass is 466 g/mol. The number of rotatable bonds is 5. The lowest BCUT2D eigenvalue weighted by Gasteiger charge is -2.16. The highest BCUT2D eigenvalue weighted by atomic mass is 79.9. The van der Waals surface area contributed by atoms with Crippen LogP contribution in [0, 0.1) is 0 Å². The van der Waals surface area contributed by atoms with Gasteiger partial charge in [0.2, 0.25) is 10.0 Å². The number of carbonyl (C=O) groups is 2. The van der Waals surface area contributed by atoms with Crippen LogP contribution in [0.5, 0.6) is 0 Å². The molecule has 1 N–H and O–H groups in total. The van der Waals surface area contributed by atoms with Crippen LogP contribution in [0.2, 0.25) is 0 Å². The summed E-state index contributed by atoms with van der Waals surface area (Å²) in [6.45, 7) is 0.985. The highest BCUT2D eigenvalue weighted by Gasteiger charge is 2.28. The number of methoxy groups -OCH3 is 1. The fraction of sp³-hybridized carbons (Fsp3) is 0.263. The van der Waals surface area contributed by atoms with Gasteiger partial charge in [-0.25, -0.2) is 13.2 Å². The Labute approximate surface area is 171 Å². The first kappa shape index (κ1) is 20.5. The summed E-state index contributed by atoms with van der Waals surface area (Å²) in [7, 11) is -2.33. The Kier molecular flexibility index (Phi) is 6.17. The molecule has 1 aliphatic heterocycles. The van der Waals surface area contributed by atoms with Crippen molar-refractivity contribution in [2.75, 3.05) is 25.5 Å². The highest BCUT2D eigenvalue weighted by molar-refractivity contribution is 9.10. The second-order valence-corrected chi connectivity index (χ2v) is 9.07. The standard InChI is InChI=1S/C19H19BrN2O5S/c1-27-19(24)13-4-6-14(7-5-13)21-18(23)16-12-15(8-9-17(16)20)28(25,26)22-10-2-3-11-22/h4-9,12H,2-3,10-11H2,1H3,(H,21,23). The van der Waals surface area contributed by atoms with E-state index in [1.54, 1.807) is 18.2 Å². The molecular weight excluding hydrogens is 448 g/mol. The van der Waals surface area contributed by atoms with Gasteiger partial charge in [0.15, 0.2) is 0 Å². The van der Waals surface area contributed by atoms with E-state index in [9.17, 15) is 18.0 Å².